The predicted octanol–water partition coefficient (Wildman–Crippen LogP) is 1.58. The molecule has 5 nitrogen and oxygen atoms in total. The molecule has 1 fully saturated rings. The monoisotopic (exact) mass is 278 g/mol. The Morgan fingerprint density at radius 1 is 1.55 bits per heavy atom. The summed E-state index contributed by atoms with van der Waals surface area (Å²) in [6, 6.07) is 7.65. The van der Waals surface area contributed by atoms with Crippen molar-refractivity contribution in [3.8, 4) is 5.75 Å². The van der Waals surface area contributed by atoms with Gasteiger partial charge < -0.3 is 20.1 Å². The number of aliphatic carboxylic acids is 1. The van der Waals surface area contributed by atoms with Crippen LogP contribution in [0.4, 0.5) is 5.69 Å². The van der Waals surface area contributed by atoms with E-state index in [1.54, 1.807) is 14.2 Å². The van der Waals surface area contributed by atoms with Gasteiger partial charge in [-0.1, -0.05) is 6.07 Å². The molecule has 5 heteroatoms. The molecular weight excluding hydrogens is 256 g/mol. The third-order valence-electron chi connectivity index (χ3n) is 4.08. The second kappa shape index (κ2) is 5.71. The van der Waals surface area contributed by atoms with Gasteiger partial charge in [-0.15, -0.1) is 0 Å². The quantitative estimate of drug-likeness (QED) is 0.793. The highest BCUT2D eigenvalue weighted by atomic mass is 16.5. The Labute approximate surface area is 119 Å². The highest BCUT2D eigenvalue weighted by Gasteiger charge is 2.50. The molecule has 2 rings (SSSR count). The van der Waals surface area contributed by atoms with Crippen molar-refractivity contribution in [1.29, 1.82) is 0 Å². The van der Waals surface area contributed by atoms with E-state index < -0.39 is 11.5 Å². The van der Waals surface area contributed by atoms with Crippen LogP contribution in [0.25, 0.3) is 0 Å². The first-order valence-electron chi connectivity index (χ1n) is 6.81. The van der Waals surface area contributed by atoms with Gasteiger partial charge in [0, 0.05) is 25.3 Å². The number of carboxylic acids is 1. The fraction of sp³-hybridized carbons (Fsp3) is 0.533. The summed E-state index contributed by atoms with van der Waals surface area (Å²) in [5, 5.41) is 12.7. The van der Waals surface area contributed by atoms with Crippen molar-refractivity contribution >= 4 is 11.7 Å². The highest BCUT2D eigenvalue weighted by molar-refractivity contribution is 5.81. The Balaban J connectivity index is 2.19. The van der Waals surface area contributed by atoms with Crippen molar-refractivity contribution in [2.24, 2.45) is 5.92 Å². The Bertz CT molecular complexity index is 488. The maximum Gasteiger partial charge on any atom is 0.326 e. The van der Waals surface area contributed by atoms with Crippen LogP contribution in [-0.4, -0.2) is 44.4 Å². The number of carboxylic acid groups (broad SMARTS) is 1. The molecule has 110 valence electrons. The molecule has 0 bridgehead atoms. The van der Waals surface area contributed by atoms with Gasteiger partial charge in [0.1, 0.15) is 11.3 Å². The van der Waals surface area contributed by atoms with E-state index in [0.29, 0.717) is 6.54 Å². The summed E-state index contributed by atoms with van der Waals surface area (Å²) in [4.78, 5) is 13.7. The van der Waals surface area contributed by atoms with Gasteiger partial charge in [-0.3, -0.25) is 4.79 Å². The summed E-state index contributed by atoms with van der Waals surface area (Å²) in [5.41, 5.74) is 0.0727. The molecule has 1 aromatic rings. The van der Waals surface area contributed by atoms with Crippen LogP contribution in [0, 0.1) is 5.92 Å². The molecule has 0 spiro atoms. The van der Waals surface area contributed by atoms with Crippen molar-refractivity contribution < 1.29 is 14.6 Å². The first kappa shape index (κ1) is 14.7. The zero-order chi connectivity index (χ0) is 14.8. The normalized spacial score (nSPS) is 17.4. The molecule has 20 heavy (non-hydrogen) atoms. The van der Waals surface area contributed by atoms with Crippen LogP contribution in [0.3, 0.4) is 0 Å². The van der Waals surface area contributed by atoms with Gasteiger partial charge in [0.2, 0.25) is 0 Å². The number of carbonyl (C=O) groups is 1. The van der Waals surface area contributed by atoms with Crippen LogP contribution < -0.4 is 15.0 Å². The van der Waals surface area contributed by atoms with Gasteiger partial charge in [-0.2, -0.15) is 0 Å². The Kier molecular flexibility index (Phi) is 4.18. The van der Waals surface area contributed by atoms with E-state index in [-0.39, 0.29) is 5.92 Å². The number of nitrogens with one attached hydrogen (secondary N) is 1. The van der Waals surface area contributed by atoms with E-state index in [1.165, 1.54) is 0 Å². The lowest BCUT2D eigenvalue weighted by atomic mass is 9.92. The molecule has 0 saturated heterocycles. The molecule has 0 radical (unpaired) electrons. The number of benzene rings is 1. The fourth-order valence-corrected chi connectivity index (χ4v) is 2.65. The summed E-state index contributed by atoms with van der Waals surface area (Å²) in [7, 11) is 5.26. The van der Waals surface area contributed by atoms with Crippen molar-refractivity contribution in [2.75, 3.05) is 32.6 Å². The standard InChI is InChI=1S/C15H22N2O3/c1-16-15(14(18)19,11-7-8-11)10-17(2)12-5-4-6-13(9-12)20-3/h4-6,9,11,16H,7-8,10H2,1-3H3,(H,18,19). The summed E-state index contributed by atoms with van der Waals surface area (Å²) in [6.45, 7) is 0.427. The number of nitrogens with zero attached hydrogens (tertiary/aromatic N) is 1. The van der Waals surface area contributed by atoms with Crippen LogP contribution in [0.2, 0.25) is 0 Å². The van der Waals surface area contributed by atoms with E-state index in [9.17, 15) is 9.90 Å². The molecule has 1 atom stereocenters. The molecule has 1 aromatic carbocycles. The zero-order valence-corrected chi connectivity index (χ0v) is 12.2. The molecule has 1 aliphatic rings. The third kappa shape index (κ3) is 2.72. The number of methoxy groups -OCH3 is 1. The topological polar surface area (TPSA) is 61.8 Å². The van der Waals surface area contributed by atoms with E-state index in [4.69, 9.17) is 4.74 Å². The lowest BCUT2D eigenvalue weighted by Gasteiger charge is -2.34. The molecule has 1 saturated carbocycles. The average Bonchev–Trinajstić information content (AvgIpc) is 3.29. The largest absolute Gasteiger partial charge is 0.497 e. The highest BCUT2D eigenvalue weighted by Crippen LogP contribution is 2.40. The lowest BCUT2D eigenvalue weighted by molar-refractivity contribution is -0.145. The SMILES string of the molecule is CNC(CN(C)c1cccc(OC)c1)(C(=O)O)C1CC1. The first-order chi connectivity index (χ1) is 9.53. The number of hydrogen-bond acceptors (Lipinski definition) is 4. The first-order valence-corrected chi connectivity index (χ1v) is 6.81. The molecule has 1 aliphatic carbocycles. The molecule has 2 N–H and O–H groups in total. The Morgan fingerprint density at radius 2 is 2.25 bits per heavy atom. The minimum atomic E-state index is -0.877. The molecular formula is C15H22N2O3. The second-order valence-corrected chi connectivity index (χ2v) is 5.36. The van der Waals surface area contributed by atoms with Gasteiger partial charge in [0.25, 0.3) is 0 Å². The second-order valence-electron chi connectivity index (χ2n) is 5.36. The molecule has 0 heterocycles. The number of rotatable bonds is 7. The van der Waals surface area contributed by atoms with Crippen molar-refractivity contribution in [1.82, 2.24) is 5.32 Å². The smallest absolute Gasteiger partial charge is 0.326 e. The van der Waals surface area contributed by atoms with Crippen molar-refractivity contribution in [3.63, 3.8) is 0 Å². The fourth-order valence-electron chi connectivity index (χ4n) is 2.65. The predicted molar refractivity (Wildman–Crippen MR) is 78.4 cm³/mol. The van der Waals surface area contributed by atoms with Crippen LogP contribution in [0.5, 0.6) is 5.75 Å². The molecule has 0 aliphatic heterocycles. The Morgan fingerprint density at radius 3 is 2.75 bits per heavy atom. The molecule has 1 unspecified atom stereocenters. The van der Waals surface area contributed by atoms with E-state index >= 15 is 0 Å². The summed E-state index contributed by atoms with van der Waals surface area (Å²) < 4.78 is 5.21. The van der Waals surface area contributed by atoms with Gasteiger partial charge in [0.15, 0.2) is 0 Å². The number of hydrogen-bond donors (Lipinski definition) is 2. The van der Waals surface area contributed by atoms with E-state index in [2.05, 4.69) is 5.32 Å². The van der Waals surface area contributed by atoms with Crippen LogP contribution >= 0.6 is 0 Å². The van der Waals surface area contributed by atoms with Crippen LogP contribution in [-0.2, 0) is 4.79 Å². The van der Waals surface area contributed by atoms with Gasteiger partial charge in [-0.25, -0.2) is 0 Å². The zero-order valence-electron chi connectivity index (χ0n) is 12.2. The Hall–Kier alpha value is -1.75. The summed E-state index contributed by atoms with van der Waals surface area (Å²) >= 11 is 0. The number of ether oxygens (including phenoxy) is 1. The van der Waals surface area contributed by atoms with Gasteiger partial charge in [-0.05, 0) is 37.9 Å². The maximum absolute atomic E-state index is 11.7. The number of anilines is 1. The minimum absolute atomic E-state index is 0.207. The maximum atomic E-state index is 11.7. The minimum Gasteiger partial charge on any atom is -0.497 e. The molecule has 0 amide bonds. The van der Waals surface area contributed by atoms with Crippen molar-refractivity contribution in [3.05, 3.63) is 24.3 Å². The van der Waals surface area contributed by atoms with Crippen LogP contribution in [0.15, 0.2) is 24.3 Å². The van der Waals surface area contributed by atoms with Crippen LogP contribution in [0.1, 0.15) is 12.8 Å². The third-order valence-corrected chi connectivity index (χ3v) is 4.08. The number of likely N-dealkylation sites (N-methyl/N-ethyl adjacent to an activating group) is 2. The lowest BCUT2D eigenvalue weighted by Crippen LogP contribution is -2.59. The molecule has 0 aromatic heterocycles. The van der Waals surface area contributed by atoms with E-state index in [0.717, 1.165) is 24.3 Å². The van der Waals surface area contributed by atoms with Crippen molar-refractivity contribution in [2.45, 2.75) is 18.4 Å². The van der Waals surface area contributed by atoms with E-state index in [1.807, 2.05) is 36.2 Å². The summed E-state index contributed by atoms with van der Waals surface area (Å²) in [6.07, 6.45) is 1.94. The summed E-state index contributed by atoms with van der Waals surface area (Å²) in [5.74, 6) is 0.196. The van der Waals surface area contributed by atoms with Gasteiger partial charge >= 0.3 is 5.97 Å². The van der Waals surface area contributed by atoms with Gasteiger partial charge in [0.05, 0.1) is 7.11 Å². The average molecular weight is 278 g/mol.